The third-order valence-electron chi connectivity index (χ3n) is 8.99. The van der Waals surface area contributed by atoms with Crippen molar-refractivity contribution in [3.8, 4) is 16.8 Å². The SMILES string of the molecule is c1cc2ccc3ccc(-c4ccc5c(c4)sc4cc(-n6c7ccccc7c7cccnc76)ccc45)c4ccc(c1)c2c34. The third-order valence-corrected chi connectivity index (χ3v) is 10.1. The predicted octanol–water partition coefficient (Wildman–Crippen LogP) is 11.1. The first kappa shape index (κ1) is 22.4. The molecule has 7 aromatic carbocycles. The number of benzene rings is 7. The molecule has 0 fully saturated rings. The highest BCUT2D eigenvalue weighted by atomic mass is 32.1. The molecule has 10 aromatic rings. The first-order valence-electron chi connectivity index (χ1n) is 14.3. The van der Waals surface area contributed by atoms with Crippen LogP contribution in [0.4, 0.5) is 0 Å². The number of para-hydroxylation sites is 1. The van der Waals surface area contributed by atoms with E-state index in [4.69, 9.17) is 4.98 Å². The van der Waals surface area contributed by atoms with Crippen molar-refractivity contribution in [2.24, 2.45) is 0 Å². The highest BCUT2D eigenvalue weighted by Gasteiger charge is 2.16. The van der Waals surface area contributed by atoms with Crippen LogP contribution in [0.25, 0.3) is 91.2 Å². The van der Waals surface area contributed by atoms with Crippen molar-refractivity contribution >= 4 is 85.8 Å². The maximum atomic E-state index is 4.78. The first-order valence-corrected chi connectivity index (χ1v) is 15.1. The van der Waals surface area contributed by atoms with Gasteiger partial charge in [-0.05, 0) is 79.8 Å². The van der Waals surface area contributed by atoms with Crippen LogP contribution in [0.3, 0.4) is 0 Å². The van der Waals surface area contributed by atoms with Gasteiger partial charge in [-0.3, -0.25) is 4.57 Å². The molecule has 0 amide bonds. The van der Waals surface area contributed by atoms with Crippen molar-refractivity contribution in [1.29, 1.82) is 0 Å². The monoisotopic (exact) mass is 550 g/mol. The maximum Gasteiger partial charge on any atom is 0.145 e. The summed E-state index contributed by atoms with van der Waals surface area (Å²) in [6.45, 7) is 0. The highest BCUT2D eigenvalue weighted by molar-refractivity contribution is 7.25. The Balaban J connectivity index is 1.17. The van der Waals surface area contributed by atoms with Crippen LogP contribution in [0.1, 0.15) is 0 Å². The topological polar surface area (TPSA) is 17.8 Å². The zero-order valence-electron chi connectivity index (χ0n) is 22.5. The van der Waals surface area contributed by atoms with E-state index in [2.05, 4.69) is 126 Å². The molecule has 0 saturated heterocycles. The van der Waals surface area contributed by atoms with E-state index in [-0.39, 0.29) is 0 Å². The van der Waals surface area contributed by atoms with Crippen LogP contribution in [-0.2, 0) is 0 Å². The molecule has 0 saturated carbocycles. The summed E-state index contributed by atoms with van der Waals surface area (Å²) in [6.07, 6.45) is 1.89. The molecule has 0 spiro atoms. The van der Waals surface area contributed by atoms with Crippen molar-refractivity contribution in [3.63, 3.8) is 0 Å². The standard InChI is InChI=1S/C39H22N2S/c1-2-9-34-29(7-1)33-8-4-20-40-39(33)41(34)27-15-19-31-30-17-14-26(21-35(30)42-36(31)22-27)28-16-12-25-11-10-23-5-3-6-24-13-18-32(28)38(25)37(23)24/h1-22H. The first-order chi connectivity index (χ1) is 20.8. The van der Waals surface area contributed by atoms with E-state index in [0.29, 0.717) is 0 Å². The summed E-state index contributed by atoms with van der Waals surface area (Å²) >= 11 is 1.87. The van der Waals surface area contributed by atoms with Crippen LogP contribution in [0.15, 0.2) is 134 Å². The number of fused-ring (bicyclic) bond motifs is 6. The normalized spacial score (nSPS) is 12.3. The zero-order chi connectivity index (χ0) is 27.4. The van der Waals surface area contributed by atoms with Gasteiger partial charge < -0.3 is 0 Å². The smallest absolute Gasteiger partial charge is 0.145 e. The lowest BCUT2D eigenvalue weighted by molar-refractivity contribution is 1.14. The largest absolute Gasteiger partial charge is 0.294 e. The maximum absolute atomic E-state index is 4.78. The van der Waals surface area contributed by atoms with Crippen LogP contribution >= 0.6 is 11.3 Å². The van der Waals surface area contributed by atoms with Crippen molar-refractivity contribution in [2.45, 2.75) is 0 Å². The summed E-state index contributed by atoms with van der Waals surface area (Å²) < 4.78 is 4.90. The number of nitrogens with zero attached hydrogens (tertiary/aromatic N) is 2. The fourth-order valence-corrected chi connectivity index (χ4v) is 8.30. The molecule has 0 unspecified atom stereocenters. The lowest BCUT2D eigenvalue weighted by Crippen LogP contribution is -1.94. The molecule has 0 bridgehead atoms. The molecule has 3 aromatic heterocycles. The van der Waals surface area contributed by atoms with Gasteiger partial charge in [0.05, 0.1) is 5.52 Å². The number of hydrogen-bond acceptors (Lipinski definition) is 2. The second-order valence-corrected chi connectivity index (χ2v) is 12.3. The predicted molar refractivity (Wildman–Crippen MR) is 181 cm³/mol. The molecule has 0 aliphatic carbocycles. The average Bonchev–Trinajstić information content (AvgIpc) is 3.58. The highest BCUT2D eigenvalue weighted by Crippen LogP contribution is 2.42. The minimum absolute atomic E-state index is 0.996. The van der Waals surface area contributed by atoms with Crippen molar-refractivity contribution in [3.05, 3.63) is 134 Å². The molecule has 0 aliphatic heterocycles. The molecular weight excluding hydrogens is 529 g/mol. The lowest BCUT2D eigenvalue weighted by Gasteiger charge is -2.14. The lowest BCUT2D eigenvalue weighted by atomic mass is 9.90. The molecule has 42 heavy (non-hydrogen) atoms. The van der Waals surface area contributed by atoms with Gasteiger partial charge in [0.25, 0.3) is 0 Å². The van der Waals surface area contributed by atoms with Crippen molar-refractivity contribution in [2.75, 3.05) is 0 Å². The minimum Gasteiger partial charge on any atom is -0.294 e. The quantitative estimate of drug-likeness (QED) is 0.196. The van der Waals surface area contributed by atoms with E-state index in [1.54, 1.807) is 0 Å². The van der Waals surface area contributed by atoms with Gasteiger partial charge in [0, 0.05) is 42.8 Å². The summed E-state index contributed by atoms with van der Waals surface area (Å²) in [4.78, 5) is 4.78. The van der Waals surface area contributed by atoms with Gasteiger partial charge in [0.1, 0.15) is 5.65 Å². The molecule has 0 atom stereocenters. The summed E-state index contributed by atoms with van der Waals surface area (Å²) in [5.41, 5.74) is 5.88. The van der Waals surface area contributed by atoms with Crippen LogP contribution in [-0.4, -0.2) is 9.55 Å². The van der Waals surface area contributed by atoms with Gasteiger partial charge in [-0.25, -0.2) is 4.98 Å². The summed E-state index contributed by atoms with van der Waals surface area (Å²) in [5.74, 6) is 0. The molecule has 0 N–H and O–H groups in total. The van der Waals surface area contributed by atoms with Gasteiger partial charge in [0.2, 0.25) is 0 Å². The number of aromatic nitrogens is 2. The molecule has 194 valence electrons. The van der Waals surface area contributed by atoms with Gasteiger partial charge in [-0.1, -0.05) is 91.0 Å². The van der Waals surface area contributed by atoms with E-state index in [9.17, 15) is 0 Å². The Bertz CT molecular complexity index is 2620. The summed E-state index contributed by atoms with van der Waals surface area (Å²) in [7, 11) is 0. The molecule has 3 heteroatoms. The van der Waals surface area contributed by atoms with Crippen LogP contribution in [0.2, 0.25) is 0 Å². The van der Waals surface area contributed by atoms with Crippen molar-refractivity contribution < 1.29 is 0 Å². The van der Waals surface area contributed by atoms with Crippen molar-refractivity contribution in [1.82, 2.24) is 9.55 Å². The molecule has 0 aliphatic rings. The second-order valence-electron chi connectivity index (χ2n) is 11.2. The number of hydrogen-bond donors (Lipinski definition) is 0. The number of rotatable bonds is 2. The van der Waals surface area contributed by atoms with Crippen LogP contribution < -0.4 is 0 Å². The summed E-state index contributed by atoms with van der Waals surface area (Å²) in [6, 6.07) is 46.9. The van der Waals surface area contributed by atoms with Gasteiger partial charge in [-0.15, -0.1) is 11.3 Å². The average molecular weight is 551 g/mol. The molecule has 3 heterocycles. The van der Waals surface area contributed by atoms with Gasteiger partial charge >= 0.3 is 0 Å². The zero-order valence-corrected chi connectivity index (χ0v) is 23.3. The Morgan fingerprint density at radius 2 is 1.21 bits per heavy atom. The Morgan fingerprint density at radius 1 is 0.500 bits per heavy atom. The number of thiophene rings is 1. The van der Waals surface area contributed by atoms with Gasteiger partial charge in [0.15, 0.2) is 0 Å². The van der Waals surface area contributed by atoms with Gasteiger partial charge in [-0.2, -0.15) is 0 Å². The van der Waals surface area contributed by atoms with E-state index < -0.39 is 0 Å². The Kier molecular flexibility index (Phi) is 4.36. The van der Waals surface area contributed by atoms with E-state index in [1.165, 1.54) is 79.9 Å². The molecule has 2 nitrogen and oxygen atoms in total. The molecule has 10 rings (SSSR count). The Hall–Kier alpha value is -5.25. The Morgan fingerprint density at radius 3 is 2.12 bits per heavy atom. The molecule has 0 radical (unpaired) electrons. The minimum atomic E-state index is 0.996. The fraction of sp³-hybridized carbons (Fsp3) is 0. The van der Waals surface area contributed by atoms with Crippen LogP contribution in [0, 0.1) is 0 Å². The van der Waals surface area contributed by atoms with E-state index >= 15 is 0 Å². The molecular formula is C39H22N2S. The number of pyridine rings is 1. The summed E-state index contributed by atoms with van der Waals surface area (Å²) in [5, 5.41) is 13.0. The fourth-order valence-electron chi connectivity index (χ4n) is 7.12. The van der Waals surface area contributed by atoms with E-state index in [1.807, 2.05) is 23.6 Å². The second kappa shape index (κ2) is 8.16. The van der Waals surface area contributed by atoms with E-state index in [0.717, 1.165) is 11.3 Å². The van der Waals surface area contributed by atoms with Crippen LogP contribution in [0.5, 0.6) is 0 Å². The third kappa shape index (κ3) is 2.95. The Labute approximate surface area is 245 Å².